The van der Waals surface area contributed by atoms with Crippen LogP contribution in [0.15, 0.2) is 60.7 Å². The third-order valence-corrected chi connectivity index (χ3v) is 4.58. The minimum absolute atomic E-state index is 0.0425. The molecular formula is C22H14F6N2O5. The number of methoxy groups -OCH3 is 1. The van der Waals surface area contributed by atoms with Crippen LogP contribution >= 0.6 is 0 Å². The minimum atomic E-state index is -4.81. The summed E-state index contributed by atoms with van der Waals surface area (Å²) in [5, 5.41) is 13.5. The summed E-state index contributed by atoms with van der Waals surface area (Å²) in [6.07, 6.45) is -9.48. The number of ether oxygens (including phenoxy) is 2. The van der Waals surface area contributed by atoms with E-state index in [1.807, 2.05) is 0 Å². The van der Waals surface area contributed by atoms with Crippen molar-refractivity contribution in [3.05, 3.63) is 87.5 Å². The Labute approximate surface area is 193 Å². The van der Waals surface area contributed by atoms with E-state index in [0.717, 1.165) is 24.3 Å². The molecule has 0 saturated carbocycles. The monoisotopic (exact) mass is 500 g/mol. The molecule has 3 aromatic rings. The van der Waals surface area contributed by atoms with Gasteiger partial charge in [0.25, 0.3) is 5.91 Å². The van der Waals surface area contributed by atoms with E-state index < -0.39 is 45.7 Å². The Hall–Kier alpha value is -4.29. The number of nitrogens with zero attached hydrogens (tertiary/aromatic N) is 1. The number of nitrogens with one attached hydrogen (secondary N) is 1. The second-order valence-electron chi connectivity index (χ2n) is 6.93. The van der Waals surface area contributed by atoms with E-state index in [9.17, 15) is 41.3 Å². The first-order chi connectivity index (χ1) is 16.3. The van der Waals surface area contributed by atoms with Gasteiger partial charge in [-0.25, -0.2) is 0 Å². The quantitative estimate of drug-likeness (QED) is 0.232. The lowest BCUT2D eigenvalue weighted by atomic mass is 10.1. The Balaban J connectivity index is 1.88. The number of benzene rings is 3. The Bertz CT molecular complexity index is 1270. The molecule has 7 nitrogen and oxygen atoms in total. The maximum Gasteiger partial charge on any atom is 0.416 e. The molecule has 13 heteroatoms. The van der Waals surface area contributed by atoms with Gasteiger partial charge in [-0.15, -0.1) is 0 Å². The third-order valence-electron chi connectivity index (χ3n) is 4.58. The Morgan fingerprint density at radius 1 is 0.886 bits per heavy atom. The summed E-state index contributed by atoms with van der Waals surface area (Å²) in [4.78, 5) is 22.8. The van der Waals surface area contributed by atoms with Gasteiger partial charge in [-0.2, -0.15) is 26.3 Å². The van der Waals surface area contributed by atoms with Crippen LogP contribution < -0.4 is 14.8 Å². The molecule has 35 heavy (non-hydrogen) atoms. The highest BCUT2D eigenvalue weighted by molar-refractivity contribution is 6.05. The predicted molar refractivity (Wildman–Crippen MR) is 111 cm³/mol. The number of hydrogen-bond donors (Lipinski definition) is 1. The van der Waals surface area contributed by atoms with Crippen LogP contribution in [0.25, 0.3) is 0 Å². The first-order valence-electron chi connectivity index (χ1n) is 9.49. The van der Waals surface area contributed by atoms with E-state index >= 15 is 0 Å². The smallest absolute Gasteiger partial charge is 0.416 e. The Morgan fingerprint density at radius 2 is 1.49 bits per heavy atom. The molecule has 0 aromatic heterocycles. The number of carbonyl (C=O) groups is 1. The second kappa shape index (κ2) is 9.52. The van der Waals surface area contributed by atoms with Crippen molar-refractivity contribution in [2.24, 2.45) is 0 Å². The summed E-state index contributed by atoms with van der Waals surface area (Å²) >= 11 is 0. The summed E-state index contributed by atoms with van der Waals surface area (Å²) in [7, 11) is 1.20. The number of nitro benzene ring substituents is 1. The zero-order chi connectivity index (χ0) is 26.0. The molecule has 0 bridgehead atoms. The highest BCUT2D eigenvalue weighted by Crippen LogP contribution is 2.38. The van der Waals surface area contributed by atoms with Crippen LogP contribution in [-0.2, 0) is 12.4 Å². The van der Waals surface area contributed by atoms with Gasteiger partial charge < -0.3 is 14.8 Å². The van der Waals surface area contributed by atoms with Crippen molar-refractivity contribution in [1.82, 2.24) is 0 Å². The zero-order valence-electron chi connectivity index (χ0n) is 17.5. The van der Waals surface area contributed by atoms with Gasteiger partial charge in [-0.1, -0.05) is 6.07 Å². The van der Waals surface area contributed by atoms with Crippen molar-refractivity contribution in [2.45, 2.75) is 12.4 Å². The lowest BCUT2D eigenvalue weighted by Gasteiger charge is -2.14. The Kier molecular flexibility index (Phi) is 6.89. The van der Waals surface area contributed by atoms with Crippen LogP contribution in [0.3, 0.4) is 0 Å². The third kappa shape index (κ3) is 5.99. The summed E-state index contributed by atoms with van der Waals surface area (Å²) in [5.41, 5.74) is -3.61. The van der Waals surface area contributed by atoms with Gasteiger partial charge in [-0.3, -0.25) is 14.9 Å². The zero-order valence-corrected chi connectivity index (χ0v) is 17.5. The van der Waals surface area contributed by atoms with E-state index in [1.165, 1.54) is 25.3 Å². The molecule has 0 unspecified atom stereocenters. The van der Waals surface area contributed by atoms with E-state index in [0.29, 0.717) is 18.2 Å². The van der Waals surface area contributed by atoms with E-state index in [2.05, 4.69) is 5.32 Å². The van der Waals surface area contributed by atoms with Gasteiger partial charge >= 0.3 is 18.0 Å². The lowest BCUT2D eigenvalue weighted by Crippen LogP contribution is -2.14. The topological polar surface area (TPSA) is 90.7 Å². The Morgan fingerprint density at radius 3 is 2.06 bits per heavy atom. The molecule has 3 rings (SSSR count). The fourth-order valence-electron chi connectivity index (χ4n) is 2.93. The van der Waals surface area contributed by atoms with Crippen molar-refractivity contribution >= 4 is 17.3 Å². The molecule has 0 radical (unpaired) electrons. The first kappa shape index (κ1) is 25.3. The van der Waals surface area contributed by atoms with Crippen LogP contribution in [0.5, 0.6) is 17.2 Å². The SMILES string of the molecule is COc1ccc(C(F)(F)F)cc1NC(=O)c1cccc(Oc2ccc(C(F)(F)F)cc2[N+](=O)[O-])c1. The average Bonchev–Trinajstić information content (AvgIpc) is 2.78. The normalized spacial score (nSPS) is 11.6. The molecule has 0 spiro atoms. The van der Waals surface area contributed by atoms with Gasteiger partial charge in [0.05, 0.1) is 28.8 Å². The molecular weight excluding hydrogens is 486 g/mol. The molecule has 0 aliphatic heterocycles. The molecule has 0 aliphatic rings. The van der Waals surface area contributed by atoms with E-state index in [-0.39, 0.29) is 22.7 Å². The summed E-state index contributed by atoms with van der Waals surface area (Å²) in [5.74, 6) is -1.56. The number of nitro groups is 1. The number of anilines is 1. The minimum Gasteiger partial charge on any atom is -0.495 e. The van der Waals surface area contributed by atoms with Crippen LogP contribution in [0, 0.1) is 10.1 Å². The maximum absolute atomic E-state index is 13.0. The van der Waals surface area contributed by atoms with Crippen molar-refractivity contribution in [3.8, 4) is 17.2 Å². The van der Waals surface area contributed by atoms with Crippen LogP contribution in [0.2, 0.25) is 0 Å². The van der Waals surface area contributed by atoms with E-state index in [4.69, 9.17) is 9.47 Å². The molecule has 0 fully saturated rings. The maximum atomic E-state index is 13.0. The molecule has 1 N–H and O–H groups in total. The number of amides is 1. The number of alkyl halides is 6. The van der Waals surface area contributed by atoms with Crippen molar-refractivity contribution in [1.29, 1.82) is 0 Å². The van der Waals surface area contributed by atoms with Crippen LogP contribution in [-0.4, -0.2) is 17.9 Å². The van der Waals surface area contributed by atoms with Crippen LogP contribution in [0.1, 0.15) is 21.5 Å². The summed E-state index contributed by atoms with van der Waals surface area (Å²) in [6, 6.07) is 9.14. The fraction of sp³-hybridized carbons (Fsp3) is 0.136. The highest BCUT2D eigenvalue weighted by Gasteiger charge is 2.34. The molecule has 0 saturated heterocycles. The summed E-state index contributed by atoms with van der Waals surface area (Å²) < 4.78 is 88.0. The predicted octanol–water partition coefficient (Wildman–Crippen LogP) is 6.69. The van der Waals surface area contributed by atoms with Gasteiger partial charge in [0, 0.05) is 11.6 Å². The largest absolute Gasteiger partial charge is 0.495 e. The highest BCUT2D eigenvalue weighted by atomic mass is 19.4. The van der Waals surface area contributed by atoms with Crippen molar-refractivity contribution < 1.29 is 45.5 Å². The second-order valence-corrected chi connectivity index (χ2v) is 6.93. The van der Waals surface area contributed by atoms with Gasteiger partial charge in [0.2, 0.25) is 5.75 Å². The van der Waals surface area contributed by atoms with Gasteiger partial charge in [0.15, 0.2) is 0 Å². The molecule has 1 amide bonds. The fourth-order valence-corrected chi connectivity index (χ4v) is 2.93. The van der Waals surface area contributed by atoms with Gasteiger partial charge in [0.1, 0.15) is 11.5 Å². The average molecular weight is 500 g/mol. The molecule has 184 valence electrons. The number of carbonyl (C=O) groups excluding carboxylic acids is 1. The van der Waals surface area contributed by atoms with Crippen molar-refractivity contribution in [2.75, 3.05) is 12.4 Å². The summed E-state index contributed by atoms with van der Waals surface area (Å²) in [6.45, 7) is 0. The molecule has 3 aromatic carbocycles. The molecule has 0 atom stereocenters. The first-order valence-corrected chi connectivity index (χ1v) is 9.49. The van der Waals surface area contributed by atoms with Crippen LogP contribution in [0.4, 0.5) is 37.7 Å². The van der Waals surface area contributed by atoms with Gasteiger partial charge in [-0.05, 0) is 48.5 Å². The molecule has 0 heterocycles. The lowest BCUT2D eigenvalue weighted by molar-refractivity contribution is -0.385. The number of halogens is 6. The standard InChI is InChI=1S/C22H14F6N2O5/c1-34-18-7-5-13(21(23,24)25)10-16(18)29-20(31)12-3-2-4-15(9-12)35-19-8-6-14(22(26,27)28)11-17(19)30(32)33/h2-11H,1H3,(H,29,31). The van der Waals surface area contributed by atoms with E-state index in [1.54, 1.807) is 0 Å². The number of hydrogen-bond acceptors (Lipinski definition) is 5. The van der Waals surface area contributed by atoms with Crippen molar-refractivity contribution in [3.63, 3.8) is 0 Å². The molecule has 0 aliphatic carbocycles. The number of rotatable bonds is 6.